The van der Waals surface area contributed by atoms with Crippen molar-refractivity contribution in [1.29, 1.82) is 0 Å². The highest BCUT2D eigenvalue weighted by Crippen LogP contribution is 2.31. The van der Waals surface area contributed by atoms with Crippen LogP contribution >= 0.6 is 0 Å². The van der Waals surface area contributed by atoms with E-state index >= 15 is 0 Å². The second-order valence-electron chi connectivity index (χ2n) is 9.80. The van der Waals surface area contributed by atoms with Crippen LogP contribution < -0.4 is 11.1 Å². The second-order valence-corrected chi connectivity index (χ2v) is 9.80. The van der Waals surface area contributed by atoms with Crippen molar-refractivity contribution in [2.75, 3.05) is 19.6 Å². The predicted octanol–water partition coefficient (Wildman–Crippen LogP) is 2.55. The Morgan fingerprint density at radius 1 is 1.38 bits per heavy atom. The summed E-state index contributed by atoms with van der Waals surface area (Å²) in [5.74, 6) is 1.36. The van der Waals surface area contributed by atoms with Crippen LogP contribution in [-0.4, -0.2) is 58.5 Å². The molecule has 3 atom stereocenters. The van der Waals surface area contributed by atoms with Crippen LogP contribution in [0.15, 0.2) is 23.8 Å². The maximum Gasteiger partial charge on any atom is 0.226 e. The Kier molecular flexibility index (Phi) is 7.54. The first-order valence-electron chi connectivity index (χ1n) is 11.4. The largest absolute Gasteiger partial charge is 0.376 e. The van der Waals surface area contributed by atoms with Crippen molar-refractivity contribution in [3.63, 3.8) is 0 Å². The minimum Gasteiger partial charge on any atom is -0.376 e. The molecule has 2 fully saturated rings. The fourth-order valence-corrected chi connectivity index (χ4v) is 5.20. The van der Waals surface area contributed by atoms with Crippen LogP contribution in [-0.2, 0) is 4.79 Å². The number of rotatable bonds is 7. The quantitative estimate of drug-likeness (QED) is 0.607. The Labute approximate surface area is 176 Å². The van der Waals surface area contributed by atoms with Crippen molar-refractivity contribution < 1.29 is 9.90 Å². The molecule has 0 aromatic carbocycles. The summed E-state index contributed by atoms with van der Waals surface area (Å²) in [6.07, 6.45) is 12.1. The number of likely N-dealkylation sites (tertiary alicyclic amines) is 1. The van der Waals surface area contributed by atoms with Crippen molar-refractivity contribution in [3.8, 4) is 0 Å². The van der Waals surface area contributed by atoms with Crippen LogP contribution in [0.3, 0.4) is 0 Å². The van der Waals surface area contributed by atoms with E-state index in [9.17, 15) is 9.90 Å². The van der Waals surface area contributed by atoms with Gasteiger partial charge in [-0.15, -0.1) is 0 Å². The minimum atomic E-state index is -0.556. The van der Waals surface area contributed by atoms with Crippen LogP contribution in [0.1, 0.15) is 65.7 Å². The number of aliphatic hydroxyl groups is 1. The molecule has 0 radical (unpaired) electrons. The molecule has 164 valence electrons. The van der Waals surface area contributed by atoms with Crippen molar-refractivity contribution >= 4 is 5.91 Å². The van der Waals surface area contributed by atoms with Crippen molar-refractivity contribution in [2.45, 2.75) is 83.8 Å². The van der Waals surface area contributed by atoms with Gasteiger partial charge in [-0.2, -0.15) is 0 Å². The van der Waals surface area contributed by atoms with Crippen LogP contribution in [0.2, 0.25) is 0 Å². The van der Waals surface area contributed by atoms with Gasteiger partial charge in [-0.25, -0.2) is 4.90 Å². The molecule has 0 aromatic rings. The molecule has 1 aliphatic carbocycles. The summed E-state index contributed by atoms with van der Waals surface area (Å²) in [6.45, 7) is 8.91. The molecule has 0 saturated carbocycles. The van der Waals surface area contributed by atoms with E-state index in [0.717, 1.165) is 58.2 Å². The molecule has 0 spiro atoms. The number of nitrogens with one attached hydrogen (secondary N) is 1. The fourth-order valence-electron chi connectivity index (χ4n) is 5.20. The number of carbonyl (C=O) groups is 1. The first-order chi connectivity index (χ1) is 13.8. The monoisotopic (exact) mass is 404 g/mol. The molecule has 3 unspecified atom stereocenters. The number of aliphatic hydroxyl groups excluding tert-OH is 1. The lowest BCUT2D eigenvalue weighted by Gasteiger charge is -2.35. The van der Waals surface area contributed by atoms with Crippen molar-refractivity contribution in [2.24, 2.45) is 17.6 Å². The summed E-state index contributed by atoms with van der Waals surface area (Å²) in [4.78, 5) is 16.6. The Morgan fingerprint density at radius 2 is 2.10 bits per heavy atom. The highest BCUT2D eigenvalue weighted by atomic mass is 16.3. The Hall–Kier alpha value is -1.21. The molecule has 2 heterocycles. The van der Waals surface area contributed by atoms with Crippen molar-refractivity contribution in [3.05, 3.63) is 23.8 Å². The van der Waals surface area contributed by atoms with Crippen LogP contribution in [0.25, 0.3) is 0 Å². The van der Waals surface area contributed by atoms with Crippen molar-refractivity contribution in [1.82, 2.24) is 15.1 Å². The van der Waals surface area contributed by atoms with Crippen LogP contribution in [0.5, 0.6) is 0 Å². The number of allylic oxidation sites excluding steroid dienone is 3. The fraction of sp³-hybridized carbons (Fsp3) is 0.783. The zero-order valence-corrected chi connectivity index (χ0v) is 18.4. The summed E-state index contributed by atoms with van der Waals surface area (Å²) < 4.78 is 0. The molecule has 2 saturated heterocycles. The first kappa shape index (κ1) is 22.5. The molecule has 0 bridgehead atoms. The number of carbonyl (C=O) groups excluding carboxylic acids is 1. The van der Waals surface area contributed by atoms with Gasteiger partial charge >= 0.3 is 0 Å². The zero-order chi connectivity index (χ0) is 21.0. The number of nitrogens with two attached hydrogens (primary N) is 1. The smallest absolute Gasteiger partial charge is 0.226 e. The van der Waals surface area contributed by atoms with E-state index in [-0.39, 0.29) is 17.7 Å². The van der Waals surface area contributed by atoms with Gasteiger partial charge in [0.05, 0.1) is 5.54 Å². The summed E-state index contributed by atoms with van der Waals surface area (Å²) in [6, 6.07) is 0. The SMILES string of the molecule is CC(C)CC1(C)NC(N)N(CCC2CCN(C(=O)CC3=CC=CCC3)CC2)C1O. The predicted molar refractivity (Wildman–Crippen MR) is 117 cm³/mol. The van der Waals surface area contributed by atoms with Crippen LogP contribution in [0, 0.1) is 11.8 Å². The molecule has 3 rings (SSSR count). The molecule has 0 aromatic heterocycles. The Morgan fingerprint density at radius 3 is 2.72 bits per heavy atom. The highest BCUT2D eigenvalue weighted by molar-refractivity contribution is 5.79. The van der Waals surface area contributed by atoms with E-state index in [1.807, 2.05) is 9.80 Å². The molecule has 29 heavy (non-hydrogen) atoms. The lowest BCUT2D eigenvalue weighted by Crippen LogP contribution is -2.49. The molecule has 1 amide bonds. The molecule has 4 N–H and O–H groups in total. The topological polar surface area (TPSA) is 81.8 Å². The van der Waals surface area contributed by atoms with Gasteiger partial charge in [-0.3, -0.25) is 10.1 Å². The Bertz CT molecular complexity index is 624. The van der Waals surface area contributed by atoms with E-state index < -0.39 is 6.23 Å². The molecule has 6 nitrogen and oxygen atoms in total. The van der Waals surface area contributed by atoms with E-state index in [1.165, 1.54) is 5.57 Å². The lowest BCUT2D eigenvalue weighted by molar-refractivity contribution is -0.131. The van der Waals surface area contributed by atoms with E-state index in [0.29, 0.717) is 18.3 Å². The summed E-state index contributed by atoms with van der Waals surface area (Å²) in [7, 11) is 0. The van der Waals surface area contributed by atoms with Gasteiger partial charge < -0.3 is 15.7 Å². The zero-order valence-electron chi connectivity index (χ0n) is 18.4. The molecule has 2 aliphatic heterocycles. The van der Waals surface area contributed by atoms with Gasteiger partial charge in [0, 0.05) is 26.1 Å². The highest BCUT2D eigenvalue weighted by Gasteiger charge is 2.46. The lowest BCUT2D eigenvalue weighted by atomic mass is 9.89. The number of hydrogen-bond acceptors (Lipinski definition) is 5. The second kappa shape index (κ2) is 9.73. The number of hydrogen-bond donors (Lipinski definition) is 3. The van der Waals surface area contributed by atoms with Gasteiger partial charge in [-0.1, -0.05) is 37.6 Å². The van der Waals surface area contributed by atoms with E-state index in [1.54, 1.807) is 0 Å². The minimum absolute atomic E-state index is 0.274. The number of amides is 1. The molecule has 6 heteroatoms. The molecular formula is C23H40N4O2. The maximum absolute atomic E-state index is 12.6. The third-order valence-electron chi connectivity index (χ3n) is 6.79. The van der Waals surface area contributed by atoms with Gasteiger partial charge in [-0.05, 0) is 57.3 Å². The summed E-state index contributed by atoms with van der Waals surface area (Å²) in [5, 5.41) is 14.2. The Balaban J connectivity index is 1.42. The van der Waals surface area contributed by atoms with E-state index in [4.69, 9.17) is 5.73 Å². The van der Waals surface area contributed by atoms with Gasteiger partial charge in [0.15, 0.2) is 0 Å². The number of nitrogens with zero attached hydrogens (tertiary/aromatic N) is 2. The molecular weight excluding hydrogens is 364 g/mol. The van der Waals surface area contributed by atoms with Gasteiger partial charge in [0.2, 0.25) is 5.91 Å². The third kappa shape index (κ3) is 5.69. The van der Waals surface area contributed by atoms with Gasteiger partial charge in [0.25, 0.3) is 0 Å². The maximum atomic E-state index is 12.6. The standard InChI is InChI=1S/C23H40N4O2/c1-17(2)16-23(3)21(29)27(22(24)25-23)14-11-18-9-12-26(13-10-18)20(28)15-19-7-5-4-6-8-19/h4-5,7,17-18,21-22,25,29H,6,8-16,24H2,1-3H3. The average molecular weight is 405 g/mol. The third-order valence-corrected chi connectivity index (χ3v) is 6.79. The van der Waals surface area contributed by atoms with Crippen LogP contribution in [0.4, 0.5) is 0 Å². The normalized spacial score (nSPS) is 31.5. The first-order valence-corrected chi connectivity index (χ1v) is 11.4. The number of piperidine rings is 1. The van der Waals surface area contributed by atoms with Gasteiger partial charge in [0.1, 0.15) is 12.5 Å². The summed E-state index contributed by atoms with van der Waals surface area (Å²) >= 11 is 0. The van der Waals surface area contributed by atoms with E-state index in [2.05, 4.69) is 44.3 Å². The molecule has 3 aliphatic rings. The summed E-state index contributed by atoms with van der Waals surface area (Å²) in [5.41, 5.74) is 7.18. The average Bonchev–Trinajstić information content (AvgIpc) is 2.88.